The van der Waals surface area contributed by atoms with Gasteiger partial charge in [0.05, 0.1) is 0 Å². The Morgan fingerprint density at radius 2 is 1.55 bits per heavy atom. The monoisotopic (exact) mass is 318 g/mol. The van der Waals surface area contributed by atoms with Crippen LogP contribution in [0.3, 0.4) is 0 Å². The minimum absolute atomic E-state index is 0. The van der Waals surface area contributed by atoms with Crippen molar-refractivity contribution in [3.8, 4) is 11.1 Å². The maximum atomic E-state index is 2.24. The standard InChI is InChI=1S/C13H9S.C5H5.Fe/c1-2-6-10(5-1)12-9-14-13-8-4-3-7-11(12)13;1-2-4-5-3-1;/h1-9H;1-5H;/q2*-1;+2. The topological polar surface area (TPSA) is 0 Å². The maximum Gasteiger partial charge on any atom is 2.00 e. The molecule has 0 amide bonds. The van der Waals surface area contributed by atoms with Gasteiger partial charge in [0, 0.05) is 0 Å². The largest absolute Gasteiger partial charge is 2.00 e. The SMILES string of the molecule is [Fe+2].c1cc[cH-]c1.c1ccc2c(-[c-]3cccc3)csc2c1. The summed E-state index contributed by atoms with van der Waals surface area (Å²) in [6.07, 6.45) is 0. The van der Waals surface area contributed by atoms with Crippen molar-refractivity contribution in [2.75, 3.05) is 0 Å². The summed E-state index contributed by atoms with van der Waals surface area (Å²) in [5, 5.41) is 3.60. The molecule has 0 N–H and O–H groups in total. The number of benzene rings is 1. The quantitative estimate of drug-likeness (QED) is 0.312. The Kier molecular flexibility index (Phi) is 5.37. The van der Waals surface area contributed by atoms with Gasteiger partial charge in [-0.05, 0) is 4.70 Å². The third-order valence-corrected chi connectivity index (χ3v) is 3.97. The fraction of sp³-hybridized carbons (Fsp3) is 0. The van der Waals surface area contributed by atoms with Crippen molar-refractivity contribution in [3.05, 3.63) is 84.2 Å². The van der Waals surface area contributed by atoms with E-state index < -0.39 is 0 Å². The van der Waals surface area contributed by atoms with Crippen LogP contribution >= 0.6 is 11.3 Å². The van der Waals surface area contributed by atoms with Crippen LogP contribution in [0.2, 0.25) is 0 Å². The van der Waals surface area contributed by atoms with Crippen LogP contribution in [0, 0.1) is 0 Å². The first kappa shape index (κ1) is 14.8. The number of fused-ring (bicyclic) bond motifs is 1. The van der Waals surface area contributed by atoms with Crippen LogP contribution in [0.1, 0.15) is 0 Å². The average Bonchev–Trinajstić information content (AvgIpc) is 3.21. The minimum Gasteiger partial charge on any atom is -0.214 e. The zero-order chi connectivity index (χ0) is 12.9. The summed E-state index contributed by atoms with van der Waals surface area (Å²) < 4.78 is 1.36. The first-order chi connectivity index (χ1) is 9.45. The summed E-state index contributed by atoms with van der Waals surface area (Å²) >= 11 is 1.81. The molecular formula is C18H14FeS. The van der Waals surface area contributed by atoms with E-state index in [1.807, 2.05) is 41.7 Å². The van der Waals surface area contributed by atoms with Crippen LogP contribution in [-0.4, -0.2) is 0 Å². The minimum atomic E-state index is 0. The molecule has 0 saturated heterocycles. The molecule has 0 spiro atoms. The third-order valence-electron chi connectivity index (χ3n) is 3.01. The van der Waals surface area contributed by atoms with E-state index in [9.17, 15) is 0 Å². The summed E-state index contributed by atoms with van der Waals surface area (Å²) in [5.74, 6) is 0. The van der Waals surface area contributed by atoms with Crippen molar-refractivity contribution in [1.82, 2.24) is 0 Å². The van der Waals surface area contributed by atoms with E-state index in [1.165, 1.54) is 21.2 Å². The molecule has 0 nitrogen and oxygen atoms in total. The van der Waals surface area contributed by atoms with Gasteiger partial charge in [-0.3, -0.25) is 0 Å². The summed E-state index contributed by atoms with van der Waals surface area (Å²) in [6, 6.07) is 27.0. The Labute approximate surface area is 133 Å². The maximum absolute atomic E-state index is 2.24. The second-order valence-corrected chi connectivity index (χ2v) is 5.19. The number of hydrogen-bond acceptors (Lipinski definition) is 1. The van der Waals surface area contributed by atoms with Crippen molar-refractivity contribution >= 4 is 21.4 Å². The first-order valence-electron chi connectivity index (χ1n) is 6.30. The zero-order valence-corrected chi connectivity index (χ0v) is 12.8. The van der Waals surface area contributed by atoms with Crippen molar-refractivity contribution < 1.29 is 17.1 Å². The summed E-state index contributed by atoms with van der Waals surface area (Å²) in [4.78, 5) is 0. The molecule has 100 valence electrons. The number of thiophene rings is 1. The smallest absolute Gasteiger partial charge is 0.214 e. The Morgan fingerprint density at radius 1 is 0.850 bits per heavy atom. The van der Waals surface area contributed by atoms with Crippen LogP contribution in [0.25, 0.3) is 21.2 Å². The first-order valence-corrected chi connectivity index (χ1v) is 7.18. The number of hydrogen-bond donors (Lipinski definition) is 0. The van der Waals surface area contributed by atoms with Gasteiger partial charge in [-0.15, -0.1) is 12.1 Å². The van der Waals surface area contributed by atoms with E-state index in [4.69, 9.17) is 0 Å². The molecule has 0 unspecified atom stereocenters. The van der Waals surface area contributed by atoms with Gasteiger partial charge in [0.15, 0.2) is 0 Å². The zero-order valence-electron chi connectivity index (χ0n) is 10.8. The average molecular weight is 318 g/mol. The van der Waals surface area contributed by atoms with Crippen molar-refractivity contribution in [3.63, 3.8) is 0 Å². The fourth-order valence-electron chi connectivity index (χ4n) is 2.08. The van der Waals surface area contributed by atoms with Crippen LogP contribution in [0.15, 0.2) is 84.2 Å². The fourth-order valence-corrected chi connectivity index (χ4v) is 3.05. The number of rotatable bonds is 1. The molecule has 1 aromatic heterocycles. The molecular weight excluding hydrogens is 304 g/mol. The summed E-state index contributed by atoms with van der Waals surface area (Å²) in [7, 11) is 0. The molecule has 20 heavy (non-hydrogen) atoms. The van der Waals surface area contributed by atoms with Crippen molar-refractivity contribution in [2.24, 2.45) is 0 Å². The molecule has 0 saturated carbocycles. The van der Waals surface area contributed by atoms with E-state index in [2.05, 4.69) is 53.9 Å². The van der Waals surface area contributed by atoms with Gasteiger partial charge in [-0.1, -0.05) is 46.2 Å². The predicted octanol–water partition coefficient (Wildman–Crippen LogP) is 5.69. The molecule has 0 aliphatic heterocycles. The normalized spacial score (nSPS) is 9.60. The predicted molar refractivity (Wildman–Crippen MR) is 84.9 cm³/mol. The Hall–Kier alpha value is -1.60. The summed E-state index contributed by atoms with van der Waals surface area (Å²) in [5.41, 5.74) is 2.68. The molecule has 3 aromatic carbocycles. The molecule has 0 aliphatic rings. The molecule has 0 bridgehead atoms. The van der Waals surface area contributed by atoms with Gasteiger partial charge in [0.25, 0.3) is 0 Å². The van der Waals surface area contributed by atoms with E-state index in [1.54, 1.807) is 0 Å². The van der Waals surface area contributed by atoms with Crippen LogP contribution < -0.4 is 0 Å². The van der Waals surface area contributed by atoms with Gasteiger partial charge >= 0.3 is 17.1 Å². The second-order valence-electron chi connectivity index (χ2n) is 4.28. The van der Waals surface area contributed by atoms with Crippen LogP contribution in [0.4, 0.5) is 0 Å². The van der Waals surface area contributed by atoms with E-state index in [-0.39, 0.29) is 17.1 Å². The van der Waals surface area contributed by atoms with Crippen LogP contribution in [0.5, 0.6) is 0 Å². The molecule has 0 fully saturated rings. The van der Waals surface area contributed by atoms with Gasteiger partial charge < -0.3 is 0 Å². The van der Waals surface area contributed by atoms with Crippen molar-refractivity contribution in [1.29, 1.82) is 0 Å². The van der Waals surface area contributed by atoms with Gasteiger partial charge in [0.2, 0.25) is 0 Å². The molecule has 4 rings (SSSR count). The Bertz CT molecular complexity index is 701. The van der Waals surface area contributed by atoms with E-state index in [0.717, 1.165) is 0 Å². The Balaban J connectivity index is 0.000000210. The Morgan fingerprint density at radius 3 is 2.20 bits per heavy atom. The van der Waals surface area contributed by atoms with Gasteiger partial charge in [0.1, 0.15) is 0 Å². The molecule has 0 atom stereocenters. The van der Waals surface area contributed by atoms with E-state index in [0.29, 0.717) is 0 Å². The van der Waals surface area contributed by atoms with Gasteiger partial charge in [-0.2, -0.15) is 41.7 Å². The molecule has 1 heterocycles. The third kappa shape index (κ3) is 3.29. The summed E-state index contributed by atoms with van der Waals surface area (Å²) in [6.45, 7) is 0. The van der Waals surface area contributed by atoms with Crippen LogP contribution in [-0.2, 0) is 17.1 Å². The molecule has 4 aromatic rings. The van der Waals surface area contributed by atoms with Crippen molar-refractivity contribution in [2.45, 2.75) is 0 Å². The second kappa shape index (κ2) is 7.25. The molecule has 0 radical (unpaired) electrons. The molecule has 0 aliphatic carbocycles. The van der Waals surface area contributed by atoms with Gasteiger partial charge in [-0.25, -0.2) is 12.1 Å². The molecule has 2 heteroatoms. The van der Waals surface area contributed by atoms with E-state index >= 15 is 0 Å².